The molecule has 1 saturated carbocycles. The van der Waals surface area contributed by atoms with E-state index in [2.05, 4.69) is 5.32 Å². The first-order valence-corrected chi connectivity index (χ1v) is 10.1. The van der Waals surface area contributed by atoms with E-state index in [0.29, 0.717) is 52.1 Å². The van der Waals surface area contributed by atoms with Gasteiger partial charge in [0.15, 0.2) is 5.79 Å². The number of hydrogen-bond acceptors (Lipinski definition) is 5. The maximum Gasteiger partial charge on any atom is 0.226 e. The average Bonchev–Trinajstić information content (AvgIpc) is 3.41. The molecule has 1 aromatic rings. The third-order valence-corrected chi connectivity index (χ3v) is 5.94. The van der Waals surface area contributed by atoms with Crippen molar-refractivity contribution >= 4 is 11.8 Å². The number of hydrogen-bond donors (Lipinski definition) is 1. The van der Waals surface area contributed by atoms with Crippen molar-refractivity contribution in [2.24, 2.45) is 11.8 Å². The normalized spacial score (nSPS) is 25.5. The highest BCUT2D eigenvalue weighted by Gasteiger charge is 2.51. The SMILES string of the molecule is COc1cccc(CCNC(=O)C2CC2C(=O)N2CCC3(CC2)OCCO3)c1. The smallest absolute Gasteiger partial charge is 0.226 e. The average molecular weight is 388 g/mol. The number of nitrogens with zero attached hydrogens (tertiary/aromatic N) is 1. The van der Waals surface area contributed by atoms with Gasteiger partial charge in [0.1, 0.15) is 5.75 Å². The highest BCUT2D eigenvalue weighted by atomic mass is 16.7. The van der Waals surface area contributed by atoms with E-state index in [1.165, 1.54) is 0 Å². The molecule has 1 N–H and O–H groups in total. The van der Waals surface area contributed by atoms with Gasteiger partial charge in [-0.2, -0.15) is 0 Å². The summed E-state index contributed by atoms with van der Waals surface area (Å²) in [4.78, 5) is 26.9. The van der Waals surface area contributed by atoms with Gasteiger partial charge in [0, 0.05) is 32.5 Å². The van der Waals surface area contributed by atoms with Gasteiger partial charge in [-0.3, -0.25) is 9.59 Å². The van der Waals surface area contributed by atoms with Crippen LogP contribution < -0.4 is 10.1 Å². The van der Waals surface area contributed by atoms with E-state index in [0.717, 1.165) is 17.7 Å². The lowest BCUT2D eigenvalue weighted by atomic mass is 10.0. The van der Waals surface area contributed by atoms with Crippen LogP contribution >= 0.6 is 0 Å². The fourth-order valence-corrected chi connectivity index (χ4v) is 4.13. The topological polar surface area (TPSA) is 77.1 Å². The molecule has 28 heavy (non-hydrogen) atoms. The molecule has 1 aliphatic carbocycles. The Balaban J connectivity index is 1.19. The minimum absolute atomic E-state index is 0.0165. The molecule has 0 radical (unpaired) electrons. The van der Waals surface area contributed by atoms with Crippen LogP contribution in [0.4, 0.5) is 0 Å². The van der Waals surface area contributed by atoms with Gasteiger partial charge in [0.25, 0.3) is 0 Å². The molecule has 152 valence electrons. The Morgan fingerprint density at radius 1 is 1.21 bits per heavy atom. The van der Waals surface area contributed by atoms with E-state index >= 15 is 0 Å². The molecule has 2 aliphatic heterocycles. The van der Waals surface area contributed by atoms with Crippen LogP contribution in [0.25, 0.3) is 0 Å². The summed E-state index contributed by atoms with van der Waals surface area (Å²) in [6.45, 7) is 3.10. The molecule has 2 unspecified atom stereocenters. The van der Waals surface area contributed by atoms with Crippen molar-refractivity contribution in [1.29, 1.82) is 0 Å². The van der Waals surface area contributed by atoms with Crippen LogP contribution in [0.5, 0.6) is 5.75 Å². The van der Waals surface area contributed by atoms with E-state index < -0.39 is 5.79 Å². The van der Waals surface area contributed by atoms with E-state index in [1.54, 1.807) is 7.11 Å². The molecular weight excluding hydrogens is 360 g/mol. The summed E-state index contributed by atoms with van der Waals surface area (Å²) in [5.41, 5.74) is 1.11. The third-order valence-electron chi connectivity index (χ3n) is 5.94. The Labute approximate surface area is 165 Å². The zero-order valence-electron chi connectivity index (χ0n) is 16.3. The molecule has 0 aromatic heterocycles. The Morgan fingerprint density at radius 2 is 1.96 bits per heavy atom. The number of rotatable bonds is 6. The highest BCUT2D eigenvalue weighted by molar-refractivity contribution is 5.92. The summed E-state index contributed by atoms with van der Waals surface area (Å²) >= 11 is 0. The van der Waals surface area contributed by atoms with Gasteiger partial charge in [0.2, 0.25) is 11.8 Å². The molecule has 3 aliphatic rings. The molecule has 2 amide bonds. The lowest BCUT2D eigenvalue weighted by Gasteiger charge is -2.37. The summed E-state index contributed by atoms with van der Waals surface area (Å²) in [6.07, 6.45) is 2.81. The number of nitrogens with one attached hydrogen (secondary N) is 1. The van der Waals surface area contributed by atoms with Crippen LogP contribution in [0.3, 0.4) is 0 Å². The van der Waals surface area contributed by atoms with Crippen molar-refractivity contribution in [2.75, 3.05) is 40.0 Å². The zero-order chi connectivity index (χ0) is 19.6. The fraction of sp³-hybridized carbons (Fsp3) is 0.619. The van der Waals surface area contributed by atoms with Gasteiger partial charge in [-0.1, -0.05) is 12.1 Å². The Kier molecular flexibility index (Phi) is 5.55. The minimum Gasteiger partial charge on any atom is -0.497 e. The Bertz CT molecular complexity index is 721. The summed E-state index contributed by atoms with van der Waals surface area (Å²) in [7, 11) is 1.64. The Morgan fingerprint density at radius 3 is 2.68 bits per heavy atom. The first-order chi connectivity index (χ1) is 13.6. The van der Waals surface area contributed by atoms with Gasteiger partial charge >= 0.3 is 0 Å². The van der Waals surface area contributed by atoms with E-state index in [1.807, 2.05) is 29.2 Å². The summed E-state index contributed by atoms with van der Waals surface area (Å²) in [5.74, 6) is 0.0624. The number of methoxy groups -OCH3 is 1. The molecule has 7 heteroatoms. The lowest BCUT2D eigenvalue weighted by Crippen LogP contribution is -2.48. The van der Waals surface area contributed by atoms with Gasteiger partial charge in [-0.15, -0.1) is 0 Å². The van der Waals surface area contributed by atoms with Crippen molar-refractivity contribution < 1.29 is 23.8 Å². The largest absolute Gasteiger partial charge is 0.497 e. The second-order valence-corrected chi connectivity index (χ2v) is 7.77. The van der Waals surface area contributed by atoms with Gasteiger partial charge in [-0.05, 0) is 30.5 Å². The predicted octanol–water partition coefficient (Wildman–Crippen LogP) is 1.36. The van der Waals surface area contributed by atoms with Crippen LogP contribution in [0, 0.1) is 11.8 Å². The molecular formula is C21H28N2O5. The maximum absolute atomic E-state index is 12.7. The van der Waals surface area contributed by atoms with Gasteiger partial charge < -0.3 is 24.4 Å². The van der Waals surface area contributed by atoms with Crippen LogP contribution in [0.2, 0.25) is 0 Å². The molecule has 1 aromatic carbocycles. The summed E-state index contributed by atoms with van der Waals surface area (Å²) in [5, 5.41) is 2.97. The molecule has 7 nitrogen and oxygen atoms in total. The number of piperidine rings is 1. The molecule has 2 heterocycles. The number of ether oxygens (including phenoxy) is 3. The molecule has 1 spiro atoms. The molecule has 0 bridgehead atoms. The monoisotopic (exact) mass is 388 g/mol. The maximum atomic E-state index is 12.7. The number of benzene rings is 1. The quantitative estimate of drug-likeness (QED) is 0.796. The first-order valence-electron chi connectivity index (χ1n) is 10.1. The Hall–Kier alpha value is -2.12. The second kappa shape index (κ2) is 8.09. The van der Waals surface area contributed by atoms with E-state index in [-0.39, 0.29) is 23.7 Å². The van der Waals surface area contributed by atoms with Crippen molar-refractivity contribution in [1.82, 2.24) is 10.2 Å². The van der Waals surface area contributed by atoms with Crippen LogP contribution in [-0.4, -0.2) is 62.5 Å². The second-order valence-electron chi connectivity index (χ2n) is 7.77. The molecule has 2 saturated heterocycles. The van der Waals surface area contributed by atoms with Crippen LogP contribution in [-0.2, 0) is 25.5 Å². The van der Waals surface area contributed by atoms with Gasteiger partial charge in [0.05, 0.1) is 32.2 Å². The van der Waals surface area contributed by atoms with E-state index in [4.69, 9.17) is 14.2 Å². The summed E-state index contributed by atoms with van der Waals surface area (Å²) in [6, 6.07) is 7.82. The number of likely N-dealkylation sites (tertiary alicyclic amines) is 1. The van der Waals surface area contributed by atoms with E-state index in [9.17, 15) is 9.59 Å². The van der Waals surface area contributed by atoms with Crippen molar-refractivity contribution in [2.45, 2.75) is 31.5 Å². The van der Waals surface area contributed by atoms with Crippen LogP contribution in [0.1, 0.15) is 24.8 Å². The lowest BCUT2D eigenvalue weighted by molar-refractivity contribution is -0.187. The standard InChI is InChI=1S/C21H28N2O5/c1-26-16-4-2-3-15(13-16)5-8-22-19(24)17-14-18(17)20(25)23-9-6-21(7-10-23)27-11-12-28-21/h2-4,13,17-18H,5-12,14H2,1H3,(H,22,24). The zero-order valence-corrected chi connectivity index (χ0v) is 16.3. The van der Waals surface area contributed by atoms with Crippen molar-refractivity contribution in [3.8, 4) is 5.75 Å². The van der Waals surface area contributed by atoms with Crippen LogP contribution in [0.15, 0.2) is 24.3 Å². The molecule has 2 atom stereocenters. The molecule has 4 rings (SSSR count). The minimum atomic E-state index is -0.475. The number of carbonyl (C=O) groups excluding carboxylic acids is 2. The fourth-order valence-electron chi connectivity index (χ4n) is 4.13. The number of amides is 2. The van der Waals surface area contributed by atoms with Crippen molar-refractivity contribution in [3.05, 3.63) is 29.8 Å². The van der Waals surface area contributed by atoms with Crippen molar-refractivity contribution in [3.63, 3.8) is 0 Å². The highest BCUT2D eigenvalue weighted by Crippen LogP contribution is 2.41. The summed E-state index contributed by atoms with van der Waals surface area (Å²) < 4.78 is 16.6. The first kappa shape index (κ1) is 19.2. The number of carbonyl (C=O) groups is 2. The predicted molar refractivity (Wildman–Crippen MR) is 102 cm³/mol. The third kappa shape index (κ3) is 4.15. The molecule has 3 fully saturated rings. The van der Waals surface area contributed by atoms with Gasteiger partial charge in [-0.25, -0.2) is 0 Å².